The number of benzene rings is 1. The molecule has 0 aliphatic rings. The van der Waals surface area contributed by atoms with E-state index in [1.54, 1.807) is 0 Å². The fraction of sp³-hybridized carbons (Fsp3) is 0.571. The molecule has 0 spiro atoms. The van der Waals surface area contributed by atoms with Crippen molar-refractivity contribution >= 4 is 17.3 Å². The maximum Gasteiger partial charge on any atom is 0.0459 e. The van der Waals surface area contributed by atoms with Crippen LogP contribution < -0.4 is 10.6 Å². The Kier molecular flexibility index (Phi) is 5.79. The molecule has 0 radical (unpaired) electrons. The van der Waals surface area contributed by atoms with Crippen LogP contribution in [-0.4, -0.2) is 19.6 Å². The highest BCUT2D eigenvalue weighted by molar-refractivity contribution is 6.31. The minimum Gasteiger partial charge on any atom is -0.374 e. The van der Waals surface area contributed by atoms with Crippen molar-refractivity contribution in [3.8, 4) is 0 Å². The summed E-state index contributed by atoms with van der Waals surface area (Å²) >= 11 is 6.27. The number of halogens is 1. The van der Waals surface area contributed by atoms with Crippen LogP contribution in [0.15, 0.2) is 18.2 Å². The first kappa shape index (κ1) is 14.3. The van der Waals surface area contributed by atoms with Crippen molar-refractivity contribution in [2.45, 2.75) is 39.2 Å². The summed E-state index contributed by atoms with van der Waals surface area (Å²) in [6, 6.07) is 6.20. The smallest absolute Gasteiger partial charge is 0.0459 e. The number of unbranched alkanes of at least 4 members (excludes halogenated alkanes) is 1. The number of nitrogens with two attached hydrogens (primary N) is 1. The molecule has 0 saturated carbocycles. The molecule has 0 aromatic heterocycles. The first-order chi connectivity index (χ1) is 8.06. The Hall–Kier alpha value is -0.730. The third kappa shape index (κ3) is 4.21. The molecule has 1 aromatic carbocycles. The highest BCUT2D eigenvalue weighted by Gasteiger charge is 2.12. The van der Waals surface area contributed by atoms with Crippen LogP contribution in [0.4, 0.5) is 5.69 Å². The van der Waals surface area contributed by atoms with Crippen LogP contribution in [0.1, 0.15) is 32.3 Å². The van der Waals surface area contributed by atoms with Crippen molar-refractivity contribution in [1.82, 2.24) is 0 Å². The number of hydrogen-bond acceptors (Lipinski definition) is 2. The first-order valence-electron chi connectivity index (χ1n) is 6.30. The van der Waals surface area contributed by atoms with Crippen molar-refractivity contribution in [2.75, 3.05) is 18.5 Å². The van der Waals surface area contributed by atoms with Crippen LogP contribution in [0, 0.1) is 0 Å². The van der Waals surface area contributed by atoms with Gasteiger partial charge in [0.1, 0.15) is 0 Å². The summed E-state index contributed by atoms with van der Waals surface area (Å²) in [5.41, 5.74) is 8.27. The number of nitrogens with zero attached hydrogens (tertiary/aromatic N) is 1. The van der Waals surface area contributed by atoms with Gasteiger partial charge in [-0.15, -0.1) is 0 Å². The molecule has 0 aliphatic heterocycles. The molecule has 1 rings (SSSR count). The number of hydrogen-bond donors (Lipinski definition) is 1. The van der Waals surface area contributed by atoms with Crippen LogP contribution in [0.5, 0.6) is 0 Å². The Balaban J connectivity index is 2.92. The SMILES string of the molecule is CCCCN(C)c1cccc(Cl)c1CC(C)N. The molecule has 17 heavy (non-hydrogen) atoms. The van der Waals surface area contributed by atoms with Crippen molar-refractivity contribution in [1.29, 1.82) is 0 Å². The number of anilines is 1. The van der Waals surface area contributed by atoms with Gasteiger partial charge in [0.25, 0.3) is 0 Å². The van der Waals surface area contributed by atoms with Gasteiger partial charge in [0, 0.05) is 30.3 Å². The van der Waals surface area contributed by atoms with E-state index in [9.17, 15) is 0 Å². The molecular weight excluding hydrogens is 232 g/mol. The topological polar surface area (TPSA) is 29.3 Å². The van der Waals surface area contributed by atoms with E-state index in [1.807, 2.05) is 19.1 Å². The van der Waals surface area contributed by atoms with E-state index >= 15 is 0 Å². The molecule has 0 fully saturated rings. The van der Waals surface area contributed by atoms with Gasteiger partial charge in [0.15, 0.2) is 0 Å². The molecule has 0 heterocycles. The summed E-state index contributed by atoms with van der Waals surface area (Å²) in [5.74, 6) is 0. The Morgan fingerprint density at radius 1 is 1.41 bits per heavy atom. The Morgan fingerprint density at radius 2 is 2.12 bits per heavy atom. The van der Waals surface area contributed by atoms with Crippen molar-refractivity contribution in [3.05, 3.63) is 28.8 Å². The third-order valence-corrected chi connectivity index (χ3v) is 3.23. The van der Waals surface area contributed by atoms with Gasteiger partial charge < -0.3 is 10.6 Å². The van der Waals surface area contributed by atoms with Gasteiger partial charge >= 0.3 is 0 Å². The minimum absolute atomic E-state index is 0.133. The lowest BCUT2D eigenvalue weighted by Crippen LogP contribution is -2.23. The molecule has 1 atom stereocenters. The van der Waals surface area contributed by atoms with Crippen LogP contribution in [-0.2, 0) is 6.42 Å². The molecule has 0 saturated heterocycles. The minimum atomic E-state index is 0.133. The first-order valence-corrected chi connectivity index (χ1v) is 6.68. The Labute approximate surface area is 110 Å². The average molecular weight is 255 g/mol. The molecule has 0 bridgehead atoms. The maximum absolute atomic E-state index is 6.27. The van der Waals surface area contributed by atoms with E-state index in [1.165, 1.54) is 24.1 Å². The third-order valence-electron chi connectivity index (χ3n) is 2.88. The zero-order valence-electron chi connectivity index (χ0n) is 11.0. The van der Waals surface area contributed by atoms with E-state index < -0.39 is 0 Å². The predicted molar refractivity (Wildman–Crippen MR) is 77.0 cm³/mol. The summed E-state index contributed by atoms with van der Waals surface area (Å²) < 4.78 is 0. The van der Waals surface area contributed by atoms with Gasteiger partial charge in [0.05, 0.1) is 0 Å². The quantitative estimate of drug-likeness (QED) is 0.842. The molecule has 0 amide bonds. The number of rotatable bonds is 6. The lowest BCUT2D eigenvalue weighted by atomic mass is 10.0. The van der Waals surface area contributed by atoms with Gasteiger partial charge in [-0.1, -0.05) is 31.0 Å². The lowest BCUT2D eigenvalue weighted by Gasteiger charge is -2.23. The van der Waals surface area contributed by atoms with Crippen molar-refractivity contribution < 1.29 is 0 Å². The predicted octanol–water partition coefficient (Wildman–Crippen LogP) is 3.47. The van der Waals surface area contributed by atoms with Gasteiger partial charge in [-0.2, -0.15) is 0 Å². The molecule has 2 nitrogen and oxygen atoms in total. The van der Waals surface area contributed by atoms with Crippen LogP contribution in [0.25, 0.3) is 0 Å². The summed E-state index contributed by atoms with van der Waals surface area (Å²) in [5, 5.41) is 0.822. The second-order valence-corrected chi connectivity index (χ2v) is 5.10. The van der Waals surface area contributed by atoms with Crippen LogP contribution >= 0.6 is 11.6 Å². The summed E-state index contributed by atoms with van der Waals surface area (Å²) in [6.45, 7) is 5.27. The maximum atomic E-state index is 6.27. The molecular formula is C14H23ClN2. The second-order valence-electron chi connectivity index (χ2n) is 4.69. The van der Waals surface area contributed by atoms with Crippen molar-refractivity contribution in [3.63, 3.8) is 0 Å². The van der Waals surface area contributed by atoms with E-state index in [2.05, 4.69) is 24.9 Å². The zero-order chi connectivity index (χ0) is 12.8. The molecule has 2 N–H and O–H groups in total. The molecule has 1 aromatic rings. The Morgan fingerprint density at radius 3 is 2.71 bits per heavy atom. The van der Waals surface area contributed by atoms with Crippen LogP contribution in [0.2, 0.25) is 5.02 Å². The molecule has 96 valence electrons. The van der Waals surface area contributed by atoms with E-state index in [0.717, 1.165) is 18.0 Å². The van der Waals surface area contributed by atoms with Gasteiger partial charge in [-0.3, -0.25) is 0 Å². The van der Waals surface area contributed by atoms with Gasteiger partial charge in [-0.05, 0) is 37.5 Å². The highest BCUT2D eigenvalue weighted by Crippen LogP contribution is 2.28. The highest BCUT2D eigenvalue weighted by atomic mass is 35.5. The van der Waals surface area contributed by atoms with Crippen molar-refractivity contribution in [2.24, 2.45) is 5.73 Å². The largest absolute Gasteiger partial charge is 0.374 e. The van der Waals surface area contributed by atoms with Gasteiger partial charge in [0.2, 0.25) is 0 Å². The monoisotopic (exact) mass is 254 g/mol. The van der Waals surface area contributed by atoms with E-state index in [0.29, 0.717) is 0 Å². The van der Waals surface area contributed by atoms with E-state index in [-0.39, 0.29) is 6.04 Å². The molecule has 3 heteroatoms. The second kappa shape index (κ2) is 6.87. The van der Waals surface area contributed by atoms with Crippen LogP contribution in [0.3, 0.4) is 0 Å². The Bertz CT molecular complexity index is 350. The lowest BCUT2D eigenvalue weighted by molar-refractivity contribution is 0.726. The molecule has 1 unspecified atom stereocenters. The summed E-state index contributed by atoms with van der Waals surface area (Å²) in [4.78, 5) is 2.27. The fourth-order valence-corrected chi connectivity index (χ4v) is 2.19. The summed E-state index contributed by atoms with van der Waals surface area (Å²) in [6.07, 6.45) is 3.22. The standard InChI is InChI=1S/C14H23ClN2/c1-4-5-9-17(3)14-8-6-7-13(15)12(14)10-11(2)16/h6-8,11H,4-5,9-10,16H2,1-3H3. The normalized spacial score (nSPS) is 12.5. The average Bonchev–Trinajstić information content (AvgIpc) is 2.28. The molecule has 0 aliphatic carbocycles. The zero-order valence-corrected chi connectivity index (χ0v) is 11.8. The summed E-state index contributed by atoms with van der Waals surface area (Å²) in [7, 11) is 2.12. The van der Waals surface area contributed by atoms with Gasteiger partial charge in [-0.25, -0.2) is 0 Å². The van der Waals surface area contributed by atoms with E-state index in [4.69, 9.17) is 17.3 Å². The fourth-order valence-electron chi connectivity index (χ4n) is 1.94.